The SMILES string of the molecule is CCC(=O)Nc1ccc(N2CCCC2)c(C(=O)N(CC)CC)c1. The van der Waals surface area contributed by atoms with E-state index in [9.17, 15) is 9.59 Å². The minimum Gasteiger partial charge on any atom is -0.371 e. The summed E-state index contributed by atoms with van der Waals surface area (Å²) in [7, 11) is 0. The van der Waals surface area contributed by atoms with Gasteiger partial charge in [0.1, 0.15) is 0 Å². The van der Waals surface area contributed by atoms with Gasteiger partial charge in [0, 0.05) is 44.0 Å². The fourth-order valence-corrected chi connectivity index (χ4v) is 2.95. The van der Waals surface area contributed by atoms with Crippen LogP contribution in [0.3, 0.4) is 0 Å². The lowest BCUT2D eigenvalue weighted by atomic mass is 10.1. The Morgan fingerprint density at radius 3 is 2.35 bits per heavy atom. The molecule has 2 amide bonds. The molecule has 1 aromatic rings. The van der Waals surface area contributed by atoms with Gasteiger partial charge in [-0.2, -0.15) is 0 Å². The van der Waals surface area contributed by atoms with Crippen LogP contribution < -0.4 is 10.2 Å². The molecule has 126 valence electrons. The average molecular weight is 317 g/mol. The number of carbonyl (C=O) groups excluding carboxylic acids is 2. The van der Waals surface area contributed by atoms with Crippen LogP contribution in [0.1, 0.15) is 50.4 Å². The normalized spacial score (nSPS) is 14.0. The summed E-state index contributed by atoms with van der Waals surface area (Å²) in [5, 5.41) is 2.85. The molecule has 2 rings (SSSR count). The van der Waals surface area contributed by atoms with E-state index in [1.54, 1.807) is 0 Å². The lowest BCUT2D eigenvalue weighted by Crippen LogP contribution is -2.32. The van der Waals surface area contributed by atoms with Gasteiger partial charge in [0.2, 0.25) is 5.91 Å². The average Bonchev–Trinajstić information content (AvgIpc) is 3.10. The van der Waals surface area contributed by atoms with Gasteiger partial charge in [-0.25, -0.2) is 0 Å². The fraction of sp³-hybridized carbons (Fsp3) is 0.556. The summed E-state index contributed by atoms with van der Waals surface area (Å²) in [6, 6.07) is 5.68. The number of hydrogen-bond acceptors (Lipinski definition) is 3. The maximum Gasteiger partial charge on any atom is 0.256 e. The topological polar surface area (TPSA) is 52.7 Å². The smallest absolute Gasteiger partial charge is 0.256 e. The Kier molecular flexibility index (Phi) is 6.02. The number of carbonyl (C=O) groups is 2. The zero-order valence-electron chi connectivity index (χ0n) is 14.4. The maximum atomic E-state index is 12.9. The molecule has 23 heavy (non-hydrogen) atoms. The highest BCUT2D eigenvalue weighted by Gasteiger charge is 2.22. The van der Waals surface area contributed by atoms with Crippen molar-refractivity contribution >= 4 is 23.2 Å². The van der Waals surface area contributed by atoms with E-state index in [-0.39, 0.29) is 11.8 Å². The van der Waals surface area contributed by atoms with Gasteiger partial charge in [0.15, 0.2) is 0 Å². The fourth-order valence-electron chi connectivity index (χ4n) is 2.95. The van der Waals surface area contributed by atoms with Crippen molar-refractivity contribution in [3.05, 3.63) is 23.8 Å². The molecule has 0 bridgehead atoms. The van der Waals surface area contributed by atoms with Gasteiger partial charge in [0.05, 0.1) is 5.56 Å². The molecule has 1 N–H and O–H groups in total. The molecule has 0 atom stereocenters. The second kappa shape index (κ2) is 7.99. The summed E-state index contributed by atoms with van der Waals surface area (Å²) in [6.45, 7) is 9.12. The summed E-state index contributed by atoms with van der Waals surface area (Å²) in [5.41, 5.74) is 2.36. The van der Waals surface area contributed by atoms with Crippen LogP contribution >= 0.6 is 0 Å². The molecule has 1 saturated heterocycles. The van der Waals surface area contributed by atoms with Crippen molar-refractivity contribution in [2.24, 2.45) is 0 Å². The summed E-state index contributed by atoms with van der Waals surface area (Å²) in [5.74, 6) is -0.00958. The molecule has 0 saturated carbocycles. The van der Waals surface area contributed by atoms with E-state index < -0.39 is 0 Å². The van der Waals surface area contributed by atoms with Gasteiger partial charge in [0.25, 0.3) is 5.91 Å². The Hall–Kier alpha value is -2.04. The predicted molar refractivity (Wildman–Crippen MR) is 94.1 cm³/mol. The first-order valence-electron chi connectivity index (χ1n) is 8.58. The van der Waals surface area contributed by atoms with Crippen LogP contribution in [0.25, 0.3) is 0 Å². The van der Waals surface area contributed by atoms with Gasteiger partial charge in [-0.15, -0.1) is 0 Å². The quantitative estimate of drug-likeness (QED) is 0.877. The second-order valence-corrected chi connectivity index (χ2v) is 5.81. The molecular formula is C18H27N3O2. The lowest BCUT2D eigenvalue weighted by molar-refractivity contribution is -0.115. The minimum atomic E-state index is -0.0415. The Morgan fingerprint density at radius 2 is 1.78 bits per heavy atom. The summed E-state index contributed by atoms with van der Waals surface area (Å²) < 4.78 is 0. The highest BCUT2D eigenvalue weighted by molar-refractivity contribution is 6.02. The van der Waals surface area contributed by atoms with Crippen LogP contribution in [0.2, 0.25) is 0 Å². The molecule has 0 spiro atoms. The van der Waals surface area contributed by atoms with Crippen LogP contribution in [0.5, 0.6) is 0 Å². The van der Waals surface area contributed by atoms with Gasteiger partial charge in [-0.1, -0.05) is 6.92 Å². The van der Waals surface area contributed by atoms with Gasteiger partial charge >= 0.3 is 0 Å². The largest absolute Gasteiger partial charge is 0.371 e. The van der Waals surface area contributed by atoms with Crippen molar-refractivity contribution < 1.29 is 9.59 Å². The van der Waals surface area contributed by atoms with Crippen LogP contribution in [0.4, 0.5) is 11.4 Å². The molecule has 0 aliphatic carbocycles. The number of hydrogen-bond donors (Lipinski definition) is 1. The van der Waals surface area contributed by atoms with Crippen LogP contribution in [-0.2, 0) is 4.79 Å². The third-order valence-electron chi connectivity index (χ3n) is 4.33. The second-order valence-electron chi connectivity index (χ2n) is 5.81. The van der Waals surface area contributed by atoms with Crippen molar-refractivity contribution in [2.75, 3.05) is 36.4 Å². The van der Waals surface area contributed by atoms with Crippen LogP contribution in [0.15, 0.2) is 18.2 Å². The van der Waals surface area contributed by atoms with Crippen molar-refractivity contribution in [3.8, 4) is 0 Å². The molecular weight excluding hydrogens is 290 g/mol. The first-order valence-corrected chi connectivity index (χ1v) is 8.58. The molecule has 1 aliphatic heterocycles. The van der Waals surface area contributed by atoms with E-state index in [4.69, 9.17) is 0 Å². The van der Waals surface area contributed by atoms with Gasteiger partial charge in [-0.05, 0) is 44.9 Å². The van der Waals surface area contributed by atoms with E-state index >= 15 is 0 Å². The van der Waals surface area contributed by atoms with Crippen molar-refractivity contribution in [1.29, 1.82) is 0 Å². The molecule has 0 unspecified atom stereocenters. The highest BCUT2D eigenvalue weighted by atomic mass is 16.2. The molecule has 1 heterocycles. The van der Waals surface area contributed by atoms with E-state index in [0.29, 0.717) is 30.8 Å². The van der Waals surface area contributed by atoms with Crippen molar-refractivity contribution in [3.63, 3.8) is 0 Å². The summed E-state index contributed by atoms with van der Waals surface area (Å²) in [6.07, 6.45) is 2.74. The Bertz CT molecular complexity index is 561. The third kappa shape index (κ3) is 4.03. The van der Waals surface area contributed by atoms with Crippen molar-refractivity contribution in [1.82, 2.24) is 4.90 Å². The summed E-state index contributed by atoms with van der Waals surface area (Å²) in [4.78, 5) is 28.6. The van der Waals surface area contributed by atoms with Crippen LogP contribution in [0, 0.1) is 0 Å². The predicted octanol–water partition coefficient (Wildman–Crippen LogP) is 3.12. The zero-order valence-corrected chi connectivity index (χ0v) is 14.4. The Balaban J connectivity index is 2.37. The molecule has 1 aromatic carbocycles. The first kappa shape index (κ1) is 17.3. The van der Waals surface area contributed by atoms with Crippen molar-refractivity contribution in [2.45, 2.75) is 40.0 Å². The molecule has 1 fully saturated rings. The van der Waals surface area contributed by atoms with E-state index in [0.717, 1.165) is 31.6 Å². The molecule has 5 heteroatoms. The zero-order chi connectivity index (χ0) is 16.8. The number of amides is 2. The number of nitrogens with one attached hydrogen (secondary N) is 1. The Morgan fingerprint density at radius 1 is 1.13 bits per heavy atom. The van der Waals surface area contributed by atoms with Gasteiger partial charge in [-0.3, -0.25) is 9.59 Å². The standard InChI is InChI=1S/C18H27N3O2/c1-4-17(22)19-14-9-10-16(21-11-7-8-12-21)15(13-14)18(23)20(5-2)6-3/h9-10,13H,4-8,11-12H2,1-3H3,(H,19,22). The minimum absolute atomic E-state index is 0.0319. The molecule has 5 nitrogen and oxygen atoms in total. The molecule has 1 aliphatic rings. The first-order chi connectivity index (χ1) is 11.1. The Labute approximate surface area is 138 Å². The monoisotopic (exact) mass is 317 g/mol. The summed E-state index contributed by atoms with van der Waals surface area (Å²) >= 11 is 0. The maximum absolute atomic E-state index is 12.9. The number of nitrogens with zero attached hydrogens (tertiary/aromatic N) is 2. The number of rotatable bonds is 6. The van der Waals surface area contributed by atoms with E-state index in [1.165, 1.54) is 0 Å². The number of anilines is 2. The third-order valence-corrected chi connectivity index (χ3v) is 4.33. The van der Waals surface area contributed by atoms with E-state index in [2.05, 4.69) is 10.2 Å². The molecule has 0 radical (unpaired) electrons. The lowest BCUT2D eigenvalue weighted by Gasteiger charge is -2.25. The highest BCUT2D eigenvalue weighted by Crippen LogP contribution is 2.28. The van der Waals surface area contributed by atoms with Crippen LogP contribution in [-0.4, -0.2) is 42.9 Å². The molecule has 0 aromatic heterocycles. The van der Waals surface area contributed by atoms with E-state index in [1.807, 2.05) is 43.9 Å². The van der Waals surface area contributed by atoms with Gasteiger partial charge < -0.3 is 15.1 Å². The number of benzene rings is 1.